The Balaban J connectivity index is 2.23. The molecule has 0 bridgehead atoms. The third-order valence-corrected chi connectivity index (χ3v) is 2.60. The quantitative estimate of drug-likeness (QED) is 0.804. The van der Waals surface area contributed by atoms with Crippen LogP contribution in [-0.2, 0) is 0 Å². The Morgan fingerprint density at radius 1 is 1.28 bits per heavy atom. The SMILES string of the molecule is CN(C(=O)c1ccc(C#N)cc1)c1cccnc1. The number of nitrogens with zero attached hydrogens (tertiary/aromatic N) is 3. The van der Waals surface area contributed by atoms with Crippen LogP contribution < -0.4 is 4.90 Å². The van der Waals surface area contributed by atoms with E-state index < -0.39 is 0 Å². The maximum Gasteiger partial charge on any atom is 0.258 e. The zero-order valence-electron chi connectivity index (χ0n) is 9.87. The molecule has 0 N–H and O–H groups in total. The molecule has 1 heterocycles. The molecule has 0 aliphatic rings. The van der Waals surface area contributed by atoms with E-state index in [2.05, 4.69) is 4.98 Å². The molecule has 1 aromatic heterocycles. The van der Waals surface area contributed by atoms with Crippen LogP contribution in [0.3, 0.4) is 0 Å². The molecule has 88 valence electrons. The van der Waals surface area contributed by atoms with Gasteiger partial charge in [-0.1, -0.05) is 0 Å². The van der Waals surface area contributed by atoms with Crippen LogP contribution >= 0.6 is 0 Å². The molecule has 4 nitrogen and oxygen atoms in total. The van der Waals surface area contributed by atoms with Gasteiger partial charge in [0, 0.05) is 18.8 Å². The van der Waals surface area contributed by atoms with Gasteiger partial charge in [-0.15, -0.1) is 0 Å². The fourth-order valence-electron chi connectivity index (χ4n) is 1.55. The van der Waals surface area contributed by atoms with E-state index in [9.17, 15) is 4.79 Å². The number of nitriles is 1. The number of benzene rings is 1. The molecule has 18 heavy (non-hydrogen) atoms. The van der Waals surface area contributed by atoms with Gasteiger partial charge in [0.2, 0.25) is 0 Å². The summed E-state index contributed by atoms with van der Waals surface area (Å²) in [5.74, 6) is -0.132. The highest BCUT2D eigenvalue weighted by Crippen LogP contribution is 2.14. The molecule has 0 atom stereocenters. The molecular weight excluding hydrogens is 226 g/mol. The number of amides is 1. The molecule has 0 aliphatic carbocycles. The molecular formula is C14H11N3O. The van der Waals surface area contributed by atoms with Crippen LogP contribution in [-0.4, -0.2) is 17.9 Å². The number of pyridine rings is 1. The molecule has 0 unspecified atom stereocenters. The second kappa shape index (κ2) is 5.11. The summed E-state index contributed by atoms with van der Waals surface area (Å²) >= 11 is 0. The van der Waals surface area contributed by atoms with Crippen molar-refractivity contribution in [2.75, 3.05) is 11.9 Å². The summed E-state index contributed by atoms with van der Waals surface area (Å²) in [4.78, 5) is 17.7. The molecule has 0 saturated heterocycles. The highest BCUT2D eigenvalue weighted by Gasteiger charge is 2.13. The number of anilines is 1. The summed E-state index contributed by atoms with van der Waals surface area (Å²) in [7, 11) is 1.69. The first-order valence-corrected chi connectivity index (χ1v) is 5.40. The molecule has 2 aromatic rings. The highest BCUT2D eigenvalue weighted by molar-refractivity contribution is 6.05. The molecule has 1 aromatic carbocycles. The number of carbonyl (C=O) groups excluding carboxylic acids is 1. The Labute approximate surface area is 105 Å². The normalized spacial score (nSPS) is 9.56. The first-order chi connectivity index (χ1) is 8.72. The Hall–Kier alpha value is -2.67. The predicted molar refractivity (Wildman–Crippen MR) is 68.1 cm³/mol. The summed E-state index contributed by atoms with van der Waals surface area (Å²) in [6, 6.07) is 12.2. The van der Waals surface area contributed by atoms with Crippen molar-refractivity contribution < 1.29 is 4.79 Å². The van der Waals surface area contributed by atoms with Crippen LogP contribution in [0.2, 0.25) is 0 Å². The highest BCUT2D eigenvalue weighted by atomic mass is 16.2. The van der Waals surface area contributed by atoms with Crippen molar-refractivity contribution in [3.63, 3.8) is 0 Å². The fourth-order valence-corrected chi connectivity index (χ4v) is 1.55. The molecule has 2 rings (SSSR count). The maximum atomic E-state index is 12.2. The van der Waals surface area contributed by atoms with Crippen LogP contribution in [0.5, 0.6) is 0 Å². The van der Waals surface area contributed by atoms with Crippen molar-refractivity contribution >= 4 is 11.6 Å². The Bertz CT molecular complexity index is 585. The minimum absolute atomic E-state index is 0.132. The number of rotatable bonds is 2. The maximum absolute atomic E-state index is 12.2. The van der Waals surface area contributed by atoms with Crippen LogP contribution in [0.15, 0.2) is 48.8 Å². The van der Waals surface area contributed by atoms with Gasteiger partial charge in [-0.25, -0.2) is 0 Å². The van der Waals surface area contributed by atoms with E-state index in [1.165, 1.54) is 4.90 Å². The Morgan fingerprint density at radius 2 is 2.00 bits per heavy atom. The predicted octanol–water partition coefficient (Wildman–Crippen LogP) is 2.23. The van der Waals surface area contributed by atoms with Crippen LogP contribution in [0.1, 0.15) is 15.9 Å². The molecule has 4 heteroatoms. The lowest BCUT2D eigenvalue weighted by atomic mass is 10.1. The van der Waals surface area contributed by atoms with Gasteiger partial charge in [-0.3, -0.25) is 9.78 Å². The first-order valence-electron chi connectivity index (χ1n) is 5.40. The van der Waals surface area contributed by atoms with Crippen molar-refractivity contribution in [1.82, 2.24) is 4.98 Å². The van der Waals surface area contributed by atoms with E-state index in [-0.39, 0.29) is 5.91 Å². The van der Waals surface area contributed by atoms with Crippen LogP contribution in [0.25, 0.3) is 0 Å². The monoisotopic (exact) mass is 237 g/mol. The number of carbonyl (C=O) groups is 1. The standard InChI is InChI=1S/C14H11N3O/c1-17(13-3-2-8-16-10-13)14(18)12-6-4-11(9-15)5-7-12/h2-8,10H,1H3. The molecule has 0 aliphatic heterocycles. The lowest BCUT2D eigenvalue weighted by molar-refractivity contribution is 0.0993. The summed E-state index contributed by atoms with van der Waals surface area (Å²) in [6.45, 7) is 0. The Morgan fingerprint density at radius 3 is 2.56 bits per heavy atom. The smallest absolute Gasteiger partial charge is 0.258 e. The summed E-state index contributed by atoms with van der Waals surface area (Å²) in [5.41, 5.74) is 1.81. The van der Waals surface area contributed by atoms with E-state index in [1.807, 2.05) is 12.1 Å². The van der Waals surface area contributed by atoms with Gasteiger partial charge in [0.1, 0.15) is 0 Å². The van der Waals surface area contributed by atoms with Gasteiger partial charge >= 0.3 is 0 Å². The zero-order valence-corrected chi connectivity index (χ0v) is 9.87. The lowest BCUT2D eigenvalue weighted by Crippen LogP contribution is -2.26. The van der Waals surface area contributed by atoms with E-state index in [4.69, 9.17) is 5.26 Å². The van der Waals surface area contributed by atoms with Gasteiger partial charge in [-0.05, 0) is 36.4 Å². The van der Waals surface area contributed by atoms with E-state index >= 15 is 0 Å². The topological polar surface area (TPSA) is 57.0 Å². The number of hydrogen-bond acceptors (Lipinski definition) is 3. The molecule has 0 spiro atoms. The second-order valence-electron chi connectivity index (χ2n) is 3.76. The van der Waals surface area contributed by atoms with Crippen molar-refractivity contribution in [2.45, 2.75) is 0 Å². The largest absolute Gasteiger partial charge is 0.310 e. The van der Waals surface area contributed by atoms with Gasteiger partial charge in [0.25, 0.3) is 5.91 Å². The van der Waals surface area contributed by atoms with Crippen molar-refractivity contribution in [1.29, 1.82) is 5.26 Å². The summed E-state index contributed by atoms with van der Waals surface area (Å²) in [6.07, 6.45) is 3.28. The second-order valence-corrected chi connectivity index (χ2v) is 3.76. The first kappa shape index (κ1) is 11.8. The van der Waals surface area contributed by atoms with Crippen LogP contribution in [0, 0.1) is 11.3 Å². The van der Waals surface area contributed by atoms with Crippen molar-refractivity contribution in [2.24, 2.45) is 0 Å². The zero-order chi connectivity index (χ0) is 13.0. The molecule has 1 amide bonds. The van der Waals surface area contributed by atoms with Gasteiger partial charge < -0.3 is 4.90 Å². The third kappa shape index (κ3) is 2.36. The van der Waals surface area contributed by atoms with Crippen molar-refractivity contribution in [3.05, 3.63) is 59.9 Å². The molecule has 0 saturated carbocycles. The number of hydrogen-bond donors (Lipinski definition) is 0. The Kier molecular flexibility index (Phi) is 3.35. The van der Waals surface area contributed by atoms with E-state index in [0.29, 0.717) is 11.1 Å². The van der Waals surface area contributed by atoms with Crippen LogP contribution in [0.4, 0.5) is 5.69 Å². The van der Waals surface area contributed by atoms with Gasteiger partial charge in [0.15, 0.2) is 0 Å². The minimum Gasteiger partial charge on any atom is -0.310 e. The van der Waals surface area contributed by atoms with Crippen molar-refractivity contribution in [3.8, 4) is 6.07 Å². The average molecular weight is 237 g/mol. The van der Waals surface area contributed by atoms with E-state index in [1.54, 1.807) is 49.8 Å². The summed E-state index contributed by atoms with van der Waals surface area (Å²) < 4.78 is 0. The minimum atomic E-state index is -0.132. The molecule has 0 fully saturated rings. The summed E-state index contributed by atoms with van der Waals surface area (Å²) in [5, 5.41) is 8.70. The fraction of sp³-hybridized carbons (Fsp3) is 0.0714. The lowest BCUT2D eigenvalue weighted by Gasteiger charge is -2.16. The van der Waals surface area contributed by atoms with Gasteiger partial charge in [0.05, 0.1) is 23.5 Å². The molecule has 0 radical (unpaired) electrons. The van der Waals surface area contributed by atoms with Gasteiger partial charge in [-0.2, -0.15) is 5.26 Å². The average Bonchev–Trinajstić information content (AvgIpc) is 2.47. The van der Waals surface area contributed by atoms with E-state index in [0.717, 1.165) is 5.69 Å². The number of aromatic nitrogens is 1. The third-order valence-electron chi connectivity index (χ3n) is 2.60.